The van der Waals surface area contributed by atoms with Gasteiger partial charge >= 0.3 is 0 Å². The van der Waals surface area contributed by atoms with Gasteiger partial charge in [0, 0.05) is 49.6 Å². The van der Waals surface area contributed by atoms with Crippen LogP contribution in [0.15, 0.2) is 74.0 Å². The molecule has 0 amide bonds. The van der Waals surface area contributed by atoms with Crippen molar-refractivity contribution < 1.29 is 18.4 Å². The molecule has 0 atom stereocenters. The van der Waals surface area contributed by atoms with Crippen LogP contribution in [0.1, 0.15) is 29.6 Å². The predicted molar refractivity (Wildman–Crippen MR) is 156 cm³/mol. The largest absolute Gasteiger partial charge is 0.386 e. The van der Waals surface area contributed by atoms with Crippen molar-refractivity contribution in [1.29, 1.82) is 0 Å². The summed E-state index contributed by atoms with van der Waals surface area (Å²) in [5.74, 6) is -0.646. The molecule has 0 aliphatic heterocycles. The molecule has 0 radical (unpaired) electrons. The van der Waals surface area contributed by atoms with Crippen molar-refractivity contribution in [3.8, 4) is 0 Å². The number of nitrogens with one attached hydrogen (secondary N) is 2. The number of carbonyl (C=O) groups is 2. The van der Waals surface area contributed by atoms with Crippen molar-refractivity contribution in [3.63, 3.8) is 0 Å². The molecule has 2 N–H and O–H groups in total. The number of anilines is 1. The van der Waals surface area contributed by atoms with E-state index in [1.165, 1.54) is 12.1 Å². The molecule has 39 heavy (non-hydrogen) atoms. The van der Waals surface area contributed by atoms with Gasteiger partial charge in [0.1, 0.15) is 25.2 Å². The van der Waals surface area contributed by atoms with Crippen molar-refractivity contribution in [1.82, 2.24) is 19.9 Å². The van der Waals surface area contributed by atoms with Gasteiger partial charge in [-0.3, -0.25) is 4.98 Å². The van der Waals surface area contributed by atoms with E-state index in [-0.39, 0.29) is 16.8 Å². The number of aromatic amines is 1. The maximum absolute atomic E-state index is 14.5. The van der Waals surface area contributed by atoms with Gasteiger partial charge in [0.15, 0.2) is 5.82 Å². The predicted octanol–water partition coefficient (Wildman–Crippen LogP) is 6.79. The standard InChI is InChI=1S/C20H22F2N4.C7H8ClN.2CH2O/c1-6-26(5)17(14(3)20-24-11-12-25-20)10-7-13(2)18-15(21)8-9-16(23-4)19(18)22;1-5-3-7(8)4-9-6(5)2;2*1-2/h6-12,23H,1-2H2,3-5H3,(H,24,25);3-4H,1-2H3;2*1H2/b10-7-,17-14+;;;. The Balaban J connectivity index is 0.000000924. The van der Waals surface area contributed by atoms with Crippen LogP contribution < -0.4 is 5.32 Å². The van der Waals surface area contributed by atoms with Crippen molar-refractivity contribution in [2.24, 2.45) is 0 Å². The second kappa shape index (κ2) is 18.0. The Hall–Kier alpha value is -4.37. The minimum Gasteiger partial charge on any atom is -0.386 e. The monoisotopic (exact) mass is 557 g/mol. The fourth-order valence-corrected chi connectivity index (χ4v) is 3.32. The first-order valence-electron chi connectivity index (χ1n) is 11.4. The Morgan fingerprint density at radius 3 is 2.26 bits per heavy atom. The van der Waals surface area contributed by atoms with Crippen LogP contribution >= 0.6 is 11.6 Å². The van der Waals surface area contributed by atoms with Crippen LogP contribution in [0.25, 0.3) is 11.1 Å². The zero-order valence-electron chi connectivity index (χ0n) is 22.8. The molecule has 0 aliphatic rings. The zero-order chi connectivity index (χ0) is 30.1. The number of imidazole rings is 1. The summed E-state index contributed by atoms with van der Waals surface area (Å²) in [6.07, 6.45) is 9.97. The Kier molecular flexibility index (Phi) is 16.0. The van der Waals surface area contributed by atoms with Crippen LogP contribution in [0.3, 0.4) is 0 Å². The third-order valence-electron chi connectivity index (χ3n) is 5.32. The van der Waals surface area contributed by atoms with Gasteiger partial charge in [-0.25, -0.2) is 13.8 Å². The van der Waals surface area contributed by atoms with Gasteiger partial charge in [-0.15, -0.1) is 0 Å². The Labute approximate surface area is 233 Å². The first-order chi connectivity index (χ1) is 18.6. The fourth-order valence-electron chi connectivity index (χ4n) is 3.11. The second-order valence-corrected chi connectivity index (χ2v) is 8.13. The number of benzene rings is 1. The second-order valence-electron chi connectivity index (χ2n) is 7.69. The lowest BCUT2D eigenvalue weighted by molar-refractivity contribution is -0.0987. The van der Waals surface area contributed by atoms with Gasteiger partial charge < -0.3 is 24.8 Å². The van der Waals surface area contributed by atoms with E-state index in [1.807, 2.05) is 47.5 Å². The molecular formula is C29H34ClF2N5O2. The number of allylic oxidation sites excluding steroid dienone is 4. The third-order valence-corrected chi connectivity index (χ3v) is 5.53. The van der Waals surface area contributed by atoms with Crippen molar-refractivity contribution in [2.75, 3.05) is 19.4 Å². The van der Waals surface area contributed by atoms with Crippen LogP contribution in [0, 0.1) is 25.5 Å². The summed E-state index contributed by atoms with van der Waals surface area (Å²) in [6.45, 7) is 17.4. The van der Waals surface area contributed by atoms with E-state index < -0.39 is 11.6 Å². The molecule has 0 bridgehead atoms. The van der Waals surface area contributed by atoms with E-state index >= 15 is 0 Å². The first kappa shape index (κ1) is 34.6. The Bertz CT molecular complexity index is 1290. The first-order valence-corrected chi connectivity index (χ1v) is 11.7. The molecule has 2 heterocycles. The summed E-state index contributed by atoms with van der Waals surface area (Å²) in [4.78, 5) is 29.1. The molecule has 1 aromatic carbocycles. The van der Waals surface area contributed by atoms with E-state index in [0.29, 0.717) is 10.8 Å². The minimum absolute atomic E-state index is 0.163. The average molecular weight is 558 g/mol. The van der Waals surface area contributed by atoms with Gasteiger partial charge in [0.2, 0.25) is 0 Å². The van der Waals surface area contributed by atoms with Gasteiger partial charge in [0.05, 0.1) is 16.3 Å². The third kappa shape index (κ3) is 10.1. The quantitative estimate of drug-likeness (QED) is 0.311. The number of halogens is 3. The van der Waals surface area contributed by atoms with Crippen LogP contribution in [-0.4, -0.2) is 47.5 Å². The number of pyridine rings is 1. The summed E-state index contributed by atoms with van der Waals surface area (Å²) < 4.78 is 28.6. The summed E-state index contributed by atoms with van der Waals surface area (Å²) in [7, 11) is 3.40. The van der Waals surface area contributed by atoms with Gasteiger partial charge in [-0.2, -0.15) is 0 Å². The van der Waals surface area contributed by atoms with E-state index in [1.54, 1.807) is 48.9 Å². The fraction of sp³-hybridized carbons (Fsp3) is 0.172. The molecule has 0 saturated carbocycles. The number of aryl methyl sites for hydroxylation is 2. The van der Waals surface area contributed by atoms with Gasteiger partial charge in [-0.05, 0) is 62.4 Å². The van der Waals surface area contributed by atoms with Gasteiger partial charge in [0.25, 0.3) is 0 Å². The maximum atomic E-state index is 14.5. The van der Waals surface area contributed by atoms with Crippen molar-refractivity contribution in [2.45, 2.75) is 20.8 Å². The molecule has 0 unspecified atom stereocenters. The van der Waals surface area contributed by atoms with Crippen molar-refractivity contribution >= 4 is 42.0 Å². The lowest BCUT2D eigenvalue weighted by atomic mass is 10.0. The smallest absolute Gasteiger partial charge is 0.157 e. The van der Waals surface area contributed by atoms with Crippen LogP contribution in [0.2, 0.25) is 5.02 Å². The average Bonchev–Trinajstić information content (AvgIpc) is 3.49. The number of H-pyrrole nitrogens is 1. The number of rotatable bonds is 7. The van der Waals surface area contributed by atoms with E-state index in [0.717, 1.165) is 22.5 Å². The van der Waals surface area contributed by atoms with E-state index in [4.69, 9.17) is 21.2 Å². The number of hydrogen-bond donors (Lipinski definition) is 2. The SMILES string of the molecule is C=CN(C)C(/C=C\C(=C)c1c(F)ccc(NC)c1F)=C(\C)c1ncc[nH]1.C=O.C=O.Cc1cc(Cl)cnc1C. The molecule has 0 spiro atoms. The Morgan fingerprint density at radius 2 is 1.77 bits per heavy atom. The molecule has 0 fully saturated rings. The highest BCUT2D eigenvalue weighted by atomic mass is 35.5. The molecule has 2 aromatic heterocycles. The highest BCUT2D eigenvalue weighted by Crippen LogP contribution is 2.28. The Morgan fingerprint density at radius 1 is 1.13 bits per heavy atom. The highest BCUT2D eigenvalue weighted by molar-refractivity contribution is 6.30. The molecule has 0 aliphatic carbocycles. The molecule has 7 nitrogen and oxygen atoms in total. The van der Waals surface area contributed by atoms with Gasteiger partial charge in [-0.1, -0.05) is 30.8 Å². The topological polar surface area (TPSA) is 91.0 Å². The van der Waals surface area contributed by atoms with E-state index in [9.17, 15) is 8.78 Å². The normalized spacial score (nSPS) is 10.5. The number of nitrogens with zero attached hydrogens (tertiary/aromatic N) is 3. The number of hydrogen-bond acceptors (Lipinski definition) is 6. The van der Waals surface area contributed by atoms with Crippen LogP contribution in [0.4, 0.5) is 14.5 Å². The zero-order valence-corrected chi connectivity index (χ0v) is 23.6. The number of likely N-dealkylation sites (N-methyl/N-ethyl adjacent to an activating group) is 1. The number of aromatic nitrogens is 3. The highest BCUT2D eigenvalue weighted by Gasteiger charge is 2.15. The summed E-state index contributed by atoms with van der Waals surface area (Å²) in [6, 6.07) is 4.47. The van der Waals surface area contributed by atoms with E-state index in [2.05, 4.69) is 33.4 Å². The number of carbonyl (C=O) groups excluding carboxylic acids is 2. The molecule has 3 rings (SSSR count). The molecule has 10 heteroatoms. The summed E-state index contributed by atoms with van der Waals surface area (Å²) >= 11 is 5.65. The molecule has 3 aromatic rings. The summed E-state index contributed by atoms with van der Waals surface area (Å²) in [5, 5.41) is 3.40. The van der Waals surface area contributed by atoms with Crippen LogP contribution in [0.5, 0.6) is 0 Å². The molecular weight excluding hydrogens is 524 g/mol. The molecule has 0 saturated heterocycles. The lowest BCUT2D eigenvalue weighted by Crippen LogP contribution is -2.10. The summed E-state index contributed by atoms with van der Waals surface area (Å²) in [5.41, 5.74) is 4.07. The minimum atomic E-state index is -0.674. The lowest BCUT2D eigenvalue weighted by Gasteiger charge is -2.18. The molecule has 208 valence electrons. The van der Waals surface area contributed by atoms with Crippen molar-refractivity contribution in [3.05, 3.63) is 113 Å². The maximum Gasteiger partial charge on any atom is 0.157 e. The van der Waals surface area contributed by atoms with Crippen LogP contribution in [-0.2, 0) is 9.59 Å².